The van der Waals surface area contributed by atoms with E-state index >= 15 is 0 Å². The summed E-state index contributed by atoms with van der Waals surface area (Å²) < 4.78 is 33.9. The van der Waals surface area contributed by atoms with Crippen LogP contribution in [0.15, 0.2) is 87.6 Å². The van der Waals surface area contributed by atoms with Crippen LogP contribution in [0.3, 0.4) is 0 Å². The number of rotatable bonds is 8. The summed E-state index contributed by atoms with van der Waals surface area (Å²) in [5.41, 5.74) is 1.61. The number of amides is 1. The number of nitrogens with zero attached hydrogens (tertiary/aromatic N) is 3. The first-order valence-electron chi connectivity index (χ1n) is 12.6. The third-order valence-corrected chi connectivity index (χ3v) is 9.69. The predicted molar refractivity (Wildman–Crippen MR) is 157 cm³/mol. The van der Waals surface area contributed by atoms with E-state index in [0.29, 0.717) is 59.6 Å². The third kappa shape index (κ3) is 6.24. The number of carbonyl (C=O) groups is 1. The Morgan fingerprint density at radius 3 is 2.48 bits per heavy atom. The van der Waals surface area contributed by atoms with Gasteiger partial charge in [0.05, 0.1) is 40.8 Å². The van der Waals surface area contributed by atoms with E-state index < -0.39 is 15.3 Å². The molecule has 1 unspecified atom stereocenters. The normalized spacial score (nSPS) is 15.2. The maximum atomic E-state index is 13.4. The van der Waals surface area contributed by atoms with Crippen LogP contribution in [0.1, 0.15) is 12.5 Å². The van der Waals surface area contributed by atoms with Crippen molar-refractivity contribution in [2.75, 3.05) is 31.6 Å². The van der Waals surface area contributed by atoms with Crippen LogP contribution < -0.4 is 10.9 Å². The molecule has 1 fully saturated rings. The number of thioether (sulfide) groups is 1. The van der Waals surface area contributed by atoms with Crippen LogP contribution in [0.25, 0.3) is 10.9 Å². The van der Waals surface area contributed by atoms with E-state index in [1.54, 1.807) is 41.8 Å². The lowest BCUT2D eigenvalue weighted by atomic mass is 10.2. The lowest BCUT2D eigenvalue weighted by Gasteiger charge is -2.26. The summed E-state index contributed by atoms with van der Waals surface area (Å²) in [7, 11) is -3.63. The first-order valence-corrected chi connectivity index (χ1v) is 15.3. The molecule has 1 aliphatic rings. The Kier molecular flexibility index (Phi) is 8.57. The number of fused-ring (bicyclic) bond motifs is 1. The minimum absolute atomic E-state index is 0.152. The van der Waals surface area contributed by atoms with Crippen LogP contribution >= 0.6 is 23.4 Å². The van der Waals surface area contributed by atoms with Crippen LogP contribution in [0.4, 0.5) is 5.69 Å². The van der Waals surface area contributed by atoms with Gasteiger partial charge in [-0.15, -0.1) is 0 Å². The van der Waals surface area contributed by atoms with E-state index in [1.807, 2.05) is 30.3 Å². The maximum Gasteiger partial charge on any atom is 0.262 e. The summed E-state index contributed by atoms with van der Waals surface area (Å²) in [5.74, 6) is -0.319. The number of ether oxygens (including phenoxy) is 1. The molecule has 0 spiro atoms. The number of benzene rings is 3. The molecule has 5 rings (SSSR count). The summed E-state index contributed by atoms with van der Waals surface area (Å²) in [6, 6.07) is 20.6. The quantitative estimate of drug-likeness (QED) is 0.239. The summed E-state index contributed by atoms with van der Waals surface area (Å²) in [4.78, 5) is 31.4. The van der Waals surface area contributed by atoms with Gasteiger partial charge >= 0.3 is 0 Å². The van der Waals surface area contributed by atoms with Crippen molar-refractivity contribution in [3.8, 4) is 0 Å². The molecule has 0 radical (unpaired) electrons. The smallest absolute Gasteiger partial charge is 0.262 e. The molecular weight excluding hydrogens is 572 g/mol. The SMILES string of the molecule is CC(Sc1nc2cc(Cl)ccc2c(=O)n1Cc1ccccc1)C(=O)Nc1ccc(S(=O)(=O)N2CCOCC2)cc1. The lowest BCUT2D eigenvalue weighted by Crippen LogP contribution is -2.40. The van der Waals surface area contributed by atoms with Crippen molar-refractivity contribution in [2.45, 2.75) is 28.8 Å². The second kappa shape index (κ2) is 12.1. The summed E-state index contributed by atoms with van der Waals surface area (Å²) in [5, 5.41) is 3.49. The molecule has 0 bridgehead atoms. The number of halogens is 1. The molecule has 12 heteroatoms. The van der Waals surface area contributed by atoms with E-state index in [-0.39, 0.29) is 16.4 Å². The van der Waals surface area contributed by atoms with Gasteiger partial charge in [-0.2, -0.15) is 4.31 Å². The Balaban J connectivity index is 1.35. The largest absolute Gasteiger partial charge is 0.379 e. The number of carbonyl (C=O) groups excluding carboxylic acids is 1. The third-order valence-electron chi connectivity index (χ3n) is 6.45. The standard InChI is InChI=1S/C28H27ClN4O5S2/c1-19(26(34)30-22-8-10-23(11-9-22)40(36,37)32-13-15-38-16-14-32)39-28-31-25-17-21(29)7-12-24(25)27(35)33(28)18-20-5-3-2-4-6-20/h2-12,17,19H,13-16,18H2,1H3,(H,30,34). The van der Waals surface area contributed by atoms with Gasteiger partial charge in [0.1, 0.15) is 0 Å². The Morgan fingerprint density at radius 2 is 1.77 bits per heavy atom. The average Bonchev–Trinajstić information content (AvgIpc) is 2.96. The van der Waals surface area contributed by atoms with E-state index in [2.05, 4.69) is 10.3 Å². The first kappa shape index (κ1) is 28.3. The molecule has 1 atom stereocenters. The summed E-state index contributed by atoms with van der Waals surface area (Å²) in [6.07, 6.45) is 0. The molecular formula is C28H27ClN4O5S2. The molecule has 0 aliphatic carbocycles. The van der Waals surface area contributed by atoms with Crippen molar-refractivity contribution in [2.24, 2.45) is 0 Å². The van der Waals surface area contributed by atoms with Crippen molar-refractivity contribution in [1.29, 1.82) is 0 Å². The van der Waals surface area contributed by atoms with Gasteiger partial charge in [0.25, 0.3) is 5.56 Å². The molecule has 1 saturated heterocycles. The highest BCUT2D eigenvalue weighted by Crippen LogP contribution is 2.26. The number of anilines is 1. The molecule has 1 aromatic heterocycles. The second-order valence-electron chi connectivity index (χ2n) is 9.22. The van der Waals surface area contributed by atoms with E-state index in [4.69, 9.17) is 16.3 Å². The van der Waals surface area contributed by atoms with Crippen molar-refractivity contribution >= 4 is 55.9 Å². The number of aromatic nitrogens is 2. The van der Waals surface area contributed by atoms with Crippen LogP contribution in [0.5, 0.6) is 0 Å². The molecule has 2 heterocycles. The number of hydrogen-bond donors (Lipinski definition) is 1. The molecule has 1 N–H and O–H groups in total. The van der Waals surface area contributed by atoms with Crippen molar-refractivity contribution < 1.29 is 17.9 Å². The Labute approximate surface area is 241 Å². The fourth-order valence-corrected chi connectivity index (χ4v) is 6.75. The molecule has 3 aromatic carbocycles. The van der Waals surface area contributed by atoms with Crippen molar-refractivity contribution in [3.63, 3.8) is 0 Å². The van der Waals surface area contributed by atoms with Gasteiger partial charge in [-0.1, -0.05) is 53.7 Å². The van der Waals surface area contributed by atoms with Crippen LogP contribution in [-0.2, 0) is 26.1 Å². The Morgan fingerprint density at radius 1 is 1.07 bits per heavy atom. The number of nitrogens with one attached hydrogen (secondary N) is 1. The van der Waals surface area contributed by atoms with Crippen molar-refractivity contribution in [3.05, 3.63) is 93.7 Å². The van der Waals surface area contributed by atoms with Crippen LogP contribution in [0.2, 0.25) is 5.02 Å². The zero-order chi connectivity index (χ0) is 28.3. The zero-order valence-corrected chi connectivity index (χ0v) is 24.0. The Hall–Kier alpha value is -3.22. The zero-order valence-electron chi connectivity index (χ0n) is 21.6. The fraction of sp³-hybridized carbons (Fsp3) is 0.250. The second-order valence-corrected chi connectivity index (χ2v) is 12.9. The minimum Gasteiger partial charge on any atom is -0.379 e. The molecule has 208 valence electrons. The molecule has 1 aliphatic heterocycles. The predicted octanol–water partition coefficient (Wildman–Crippen LogP) is 4.24. The summed E-state index contributed by atoms with van der Waals surface area (Å²) >= 11 is 7.32. The lowest BCUT2D eigenvalue weighted by molar-refractivity contribution is -0.115. The molecule has 9 nitrogen and oxygen atoms in total. The molecule has 40 heavy (non-hydrogen) atoms. The van der Waals surface area contributed by atoms with Crippen LogP contribution in [-0.4, -0.2) is 59.7 Å². The highest BCUT2D eigenvalue weighted by Gasteiger charge is 2.26. The fourth-order valence-electron chi connectivity index (χ4n) is 4.27. The van der Waals surface area contributed by atoms with Gasteiger partial charge in [-0.25, -0.2) is 13.4 Å². The highest BCUT2D eigenvalue weighted by atomic mass is 35.5. The average molecular weight is 599 g/mol. The van der Waals surface area contributed by atoms with E-state index in [9.17, 15) is 18.0 Å². The Bertz CT molecular complexity index is 1690. The number of morpholine rings is 1. The van der Waals surface area contributed by atoms with Gasteiger partial charge in [0.15, 0.2) is 5.16 Å². The van der Waals surface area contributed by atoms with Gasteiger partial charge in [0, 0.05) is 23.8 Å². The molecule has 1 amide bonds. The maximum absolute atomic E-state index is 13.4. The van der Waals surface area contributed by atoms with E-state index in [1.165, 1.54) is 16.4 Å². The van der Waals surface area contributed by atoms with Crippen molar-refractivity contribution in [1.82, 2.24) is 13.9 Å². The van der Waals surface area contributed by atoms with Gasteiger partial charge in [-0.3, -0.25) is 14.2 Å². The highest BCUT2D eigenvalue weighted by molar-refractivity contribution is 8.00. The van der Waals surface area contributed by atoms with Gasteiger partial charge < -0.3 is 10.1 Å². The number of sulfonamides is 1. The van der Waals surface area contributed by atoms with Gasteiger partial charge in [0.2, 0.25) is 15.9 Å². The first-order chi connectivity index (χ1) is 19.2. The monoisotopic (exact) mass is 598 g/mol. The van der Waals surface area contributed by atoms with Crippen LogP contribution in [0, 0.1) is 0 Å². The number of hydrogen-bond acceptors (Lipinski definition) is 7. The topological polar surface area (TPSA) is 111 Å². The van der Waals surface area contributed by atoms with E-state index in [0.717, 1.165) is 17.3 Å². The molecule has 4 aromatic rings. The van der Waals surface area contributed by atoms with Gasteiger partial charge in [-0.05, 0) is 55.0 Å². The minimum atomic E-state index is -3.63. The summed E-state index contributed by atoms with van der Waals surface area (Å²) in [6.45, 7) is 3.35. The molecule has 0 saturated carbocycles.